The number of thioether (sulfide) groups is 1. The monoisotopic (exact) mass is 217 g/mol. The molecule has 0 unspecified atom stereocenters. The fraction of sp³-hybridized carbons (Fsp3) is 0.333. The molecule has 0 amide bonds. The summed E-state index contributed by atoms with van der Waals surface area (Å²) in [6, 6.07) is 0. The first kappa shape index (κ1) is 9.03. The van der Waals surface area contributed by atoms with Crippen LogP contribution in [0.5, 0.6) is 0 Å². The van der Waals surface area contributed by atoms with Crippen LogP contribution in [0.4, 0.5) is 8.78 Å². The summed E-state index contributed by atoms with van der Waals surface area (Å²) < 4.78 is 22.9. The predicted octanol–water partition coefficient (Wildman–Crippen LogP) is 0.472. The number of hydrogen-bond donors (Lipinski definition) is 2. The third-order valence-corrected chi connectivity index (χ3v) is 1.50. The summed E-state index contributed by atoms with van der Waals surface area (Å²) in [5, 5.41) is 10.9. The molecule has 0 aliphatic heterocycles. The quantitative estimate of drug-likeness (QED) is 0.487. The molecule has 2 nitrogen and oxygen atoms in total. The van der Waals surface area contributed by atoms with Gasteiger partial charge in [0.2, 0.25) is 0 Å². The number of hydrogen-bond acceptors (Lipinski definition) is 2. The molecule has 52 valence electrons. The summed E-state index contributed by atoms with van der Waals surface area (Å²) >= 11 is 3.16. The lowest BCUT2D eigenvalue weighted by Crippen LogP contribution is -2.42. The second-order valence-electron chi connectivity index (χ2n) is 1.08. The molecule has 0 aromatic heterocycles. The summed E-state index contributed by atoms with van der Waals surface area (Å²) in [7, 11) is 0. The van der Waals surface area contributed by atoms with Crippen LogP contribution < -0.4 is 5.41 Å². The molecule has 0 aliphatic carbocycles. The van der Waals surface area contributed by atoms with Gasteiger partial charge in [0.1, 0.15) is 3.95 Å². The Labute approximate surface area is 63.2 Å². The van der Waals surface area contributed by atoms with Crippen LogP contribution in [-0.4, -0.2) is 15.4 Å². The van der Waals surface area contributed by atoms with Gasteiger partial charge in [-0.1, -0.05) is 0 Å². The molecule has 0 atom stereocenters. The fourth-order valence-corrected chi connectivity index (χ4v) is 1.00. The molecule has 6 heteroatoms. The van der Waals surface area contributed by atoms with Crippen molar-refractivity contribution in [2.75, 3.05) is 0 Å². The SMILES string of the molecule is N=C(Br)SC(=[NH2+])C(F)F. The van der Waals surface area contributed by atoms with Crippen molar-refractivity contribution in [2.45, 2.75) is 6.43 Å². The van der Waals surface area contributed by atoms with Gasteiger partial charge < -0.3 is 0 Å². The molecular weight excluding hydrogens is 214 g/mol. The largest absolute Gasteiger partial charge is 0.327 e. The topological polar surface area (TPSA) is 49.4 Å². The summed E-state index contributed by atoms with van der Waals surface area (Å²) in [5.74, 6) is 0. The van der Waals surface area contributed by atoms with E-state index >= 15 is 0 Å². The molecule has 0 spiro atoms. The zero-order valence-electron chi connectivity index (χ0n) is 4.20. The fourth-order valence-electron chi connectivity index (χ4n) is 0.148. The summed E-state index contributed by atoms with van der Waals surface area (Å²) in [6.45, 7) is 0. The first-order valence-electron chi connectivity index (χ1n) is 1.86. The summed E-state index contributed by atoms with van der Waals surface area (Å²) in [5.41, 5.74) is 0. The Bertz CT molecular complexity index is 138. The Morgan fingerprint density at radius 2 is 2.11 bits per heavy atom. The number of nitrogens with one attached hydrogen (secondary N) is 1. The first-order valence-corrected chi connectivity index (χ1v) is 3.47. The smallest absolute Gasteiger partial charge is 0.287 e. The molecule has 0 fully saturated rings. The lowest BCUT2D eigenvalue weighted by molar-refractivity contribution is -0.120. The summed E-state index contributed by atoms with van der Waals surface area (Å²) in [4.78, 5) is 0. The van der Waals surface area contributed by atoms with Crippen LogP contribution in [0.15, 0.2) is 0 Å². The van der Waals surface area contributed by atoms with Crippen molar-refractivity contribution >= 4 is 36.7 Å². The highest BCUT2D eigenvalue weighted by molar-refractivity contribution is 9.22. The van der Waals surface area contributed by atoms with E-state index in [1.54, 1.807) is 0 Å². The van der Waals surface area contributed by atoms with E-state index in [0.717, 1.165) is 0 Å². The van der Waals surface area contributed by atoms with E-state index in [9.17, 15) is 8.78 Å². The van der Waals surface area contributed by atoms with Gasteiger partial charge >= 0.3 is 6.43 Å². The van der Waals surface area contributed by atoms with E-state index in [-0.39, 0.29) is 3.95 Å². The van der Waals surface area contributed by atoms with E-state index in [2.05, 4.69) is 15.9 Å². The minimum Gasteiger partial charge on any atom is -0.287 e. The maximum atomic E-state index is 11.5. The minimum absolute atomic E-state index is 0.111. The van der Waals surface area contributed by atoms with E-state index < -0.39 is 11.5 Å². The Hall–Kier alpha value is 0.0300. The number of alkyl halides is 2. The molecule has 0 aliphatic rings. The predicted molar refractivity (Wildman–Crippen MR) is 37.2 cm³/mol. The van der Waals surface area contributed by atoms with Crippen molar-refractivity contribution in [3.8, 4) is 0 Å². The van der Waals surface area contributed by atoms with Crippen molar-refractivity contribution in [1.82, 2.24) is 0 Å². The molecule has 0 radical (unpaired) electrons. The van der Waals surface area contributed by atoms with Gasteiger partial charge in [-0.25, -0.2) is 5.41 Å². The van der Waals surface area contributed by atoms with Crippen molar-refractivity contribution in [3.63, 3.8) is 0 Å². The van der Waals surface area contributed by atoms with Gasteiger partial charge in [-0.2, -0.15) is 8.78 Å². The zero-order valence-corrected chi connectivity index (χ0v) is 6.60. The van der Waals surface area contributed by atoms with Gasteiger partial charge in [-0.05, 0) is 15.9 Å². The van der Waals surface area contributed by atoms with Gasteiger partial charge in [0, 0.05) is 11.8 Å². The highest BCUT2D eigenvalue weighted by Gasteiger charge is 2.18. The van der Waals surface area contributed by atoms with Gasteiger partial charge in [0.15, 0.2) is 0 Å². The van der Waals surface area contributed by atoms with E-state index in [1.165, 1.54) is 0 Å². The van der Waals surface area contributed by atoms with Gasteiger partial charge in [-0.3, -0.25) is 5.41 Å². The van der Waals surface area contributed by atoms with Crippen LogP contribution in [-0.2, 0) is 0 Å². The first-order chi connectivity index (χ1) is 4.04. The van der Waals surface area contributed by atoms with Crippen molar-refractivity contribution < 1.29 is 14.2 Å². The Kier molecular flexibility index (Phi) is 3.96. The highest BCUT2D eigenvalue weighted by atomic mass is 79.9. The molecule has 0 heterocycles. The molecule has 0 rings (SSSR count). The standard InChI is InChI=1S/C3H3BrF2N2S/c4-3(8)9-2(7)1(5)6/h1,7-8H/p+1. The highest BCUT2D eigenvalue weighted by Crippen LogP contribution is 2.12. The zero-order chi connectivity index (χ0) is 7.44. The molecule has 0 saturated carbocycles. The maximum Gasteiger partial charge on any atom is 0.327 e. The minimum atomic E-state index is -2.66. The van der Waals surface area contributed by atoms with E-state index in [0.29, 0.717) is 11.8 Å². The molecule has 0 bridgehead atoms. The number of halogens is 3. The Balaban J connectivity index is 3.64. The molecule has 0 aromatic rings. The van der Waals surface area contributed by atoms with Crippen LogP contribution in [0, 0.1) is 5.41 Å². The Morgan fingerprint density at radius 3 is 2.22 bits per heavy atom. The van der Waals surface area contributed by atoms with E-state index in [1.807, 2.05) is 0 Å². The van der Waals surface area contributed by atoms with E-state index in [4.69, 9.17) is 10.8 Å². The van der Waals surface area contributed by atoms with Crippen molar-refractivity contribution in [3.05, 3.63) is 0 Å². The number of rotatable bonds is 1. The summed E-state index contributed by atoms with van der Waals surface area (Å²) in [6.07, 6.45) is -2.66. The molecule has 3 N–H and O–H groups in total. The second kappa shape index (κ2) is 3.94. The molecule has 9 heavy (non-hydrogen) atoms. The maximum absolute atomic E-state index is 11.5. The van der Waals surface area contributed by atoms with Crippen LogP contribution in [0.3, 0.4) is 0 Å². The third-order valence-electron chi connectivity index (χ3n) is 0.423. The lowest BCUT2D eigenvalue weighted by Gasteiger charge is -1.90. The molecular formula is C3H4BrF2N2S+. The van der Waals surface area contributed by atoms with Gasteiger partial charge in [-0.15, -0.1) is 0 Å². The second-order valence-corrected chi connectivity index (χ2v) is 3.48. The third kappa shape index (κ3) is 4.53. The van der Waals surface area contributed by atoms with Crippen LogP contribution in [0.25, 0.3) is 0 Å². The lowest BCUT2D eigenvalue weighted by atomic mass is 10.8. The normalized spacial score (nSPS) is 9.78. The van der Waals surface area contributed by atoms with Crippen LogP contribution in [0.1, 0.15) is 0 Å². The average molecular weight is 218 g/mol. The van der Waals surface area contributed by atoms with Crippen LogP contribution >= 0.6 is 27.7 Å². The van der Waals surface area contributed by atoms with Crippen molar-refractivity contribution in [2.24, 2.45) is 0 Å². The Morgan fingerprint density at radius 1 is 1.67 bits per heavy atom. The average Bonchev–Trinajstić information content (AvgIpc) is 1.63. The van der Waals surface area contributed by atoms with Crippen LogP contribution in [0.2, 0.25) is 0 Å². The molecule has 0 saturated heterocycles. The van der Waals surface area contributed by atoms with Gasteiger partial charge in [0.05, 0.1) is 0 Å². The van der Waals surface area contributed by atoms with Crippen molar-refractivity contribution in [1.29, 1.82) is 5.41 Å². The van der Waals surface area contributed by atoms with Gasteiger partial charge in [0.25, 0.3) is 5.04 Å². The number of nitrogens with two attached hydrogens (primary N) is 1. The molecule has 0 aromatic carbocycles.